The summed E-state index contributed by atoms with van der Waals surface area (Å²) in [7, 11) is 3.48. The van der Waals surface area contributed by atoms with Gasteiger partial charge in [0.05, 0.1) is 18.8 Å². The lowest BCUT2D eigenvalue weighted by molar-refractivity contribution is -0.0679. The fraction of sp³-hybridized carbons (Fsp3) is 0.929. The van der Waals surface area contributed by atoms with Crippen LogP contribution in [0.4, 0.5) is 0 Å². The number of hydrogen-bond donors (Lipinski definition) is 2. The molecule has 0 amide bonds. The van der Waals surface area contributed by atoms with Gasteiger partial charge in [-0.15, -0.1) is 24.0 Å². The summed E-state index contributed by atoms with van der Waals surface area (Å²) in [6.45, 7) is 9.83. The first-order valence-electron chi connectivity index (χ1n) is 7.47. The molecule has 1 heterocycles. The van der Waals surface area contributed by atoms with Crippen LogP contribution in [0.5, 0.6) is 0 Å². The van der Waals surface area contributed by atoms with Gasteiger partial charge < -0.3 is 20.1 Å². The Balaban J connectivity index is 0.00000400. The molecule has 0 aromatic heterocycles. The maximum absolute atomic E-state index is 5.73. The molecule has 1 saturated heterocycles. The third-order valence-corrected chi connectivity index (χ3v) is 3.26. The summed E-state index contributed by atoms with van der Waals surface area (Å²) in [6.07, 6.45) is 1.79. The van der Waals surface area contributed by atoms with Gasteiger partial charge in [-0.1, -0.05) is 0 Å². The third-order valence-electron chi connectivity index (χ3n) is 3.26. The van der Waals surface area contributed by atoms with E-state index in [4.69, 9.17) is 9.47 Å². The molecule has 0 bridgehead atoms. The lowest BCUT2D eigenvalue weighted by Gasteiger charge is -2.35. The van der Waals surface area contributed by atoms with Crippen molar-refractivity contribution < 1.29 is 9.47 Å². The largest absolute Gasteiger partial charge is 0.383 e. The van der Waals surface area contributed by atoms with E-state index in [9.17, 15) is 0 Å². The summed E-state index contributed by atoms with van der Waals surface area (Å²) >= 11 is 0. The van der Waals surface area contributed by atoms with E-state index < -0.39 is 0 Å². The maximum atomic E-state index is 5.73. The molecule has 1 fully saturated rings. The number of nitrogens with zero attached hydrogens (tertiary/aromatic N) is 2. The van der Waals surface area contributed by atoms with E-state index in [0.29, 0.717) is 18.8 Å². The lowest BCUT2D eigenvalue weighted by atomic mass is 10.2. The predicted octanol–water partition coefficient (Wildman–Crippen LogP) is 0.915. The molecule has 1 aliphatic rings. The Kier molecular flexibility index (Phi) is 12.4. The normalized spacial score (nSPS) is 23.5. The highest BCUT2D eigenvalue weighted by molar-refractivity contribution is 14.0. The summed E-state index contributed by atoms with van der Waals surface area (Å²) in [4.78, 5) is 6.65. The van der Waals surface area contributed by atoms with Crippen molar-refractivity contribution in [3.8, 4) is 0 Å². The van der Waals surface area contributed by atoms with E-state index in [2.05, 4.69) is 34.4 Å². The number of methoxy groups -OCH3 is 1. The van der Waals surface area contributed by atoms with Gasteiger partial charge in [0.2, 0.25) is 0 Å². The molecular weight excluding hydrogens is 383 g/mol. The zero-order valence-electron chi connectivity index (χ0n) is 13.7. The smallest absolute Gasteiger partial charge is 0.191 e. The monoisotopic (exact) mass is 414 g/mol. The molecule has 21 heavy (non-hydrogen) atoms. The topological polar surface area (TPSA) is 58.1 Å². The van der Waals surface area contributed by atoms with E-state index in [1.165, 1.54) is 0 Å². The molecule has 2 unspecified atom stereocenters. The Labute approximate surface area is 146 Å². The minimum atomic E-state index is 0. The van der Waals surface area contributed by atoms with Crippen LogP contribution in [0.2, 0.25) is 0 Å². The second kappa shape index (κ2) is 12.4. The molecule has 1 aliphatic heterocycles. The molecule has 6 nitrogen and oxygen atoms in total. The summed E-state index contributed by atoms with van der Waals surface area (Å²) in [6, 6.07) is 0. The predicted molar refractivity (Wildman–Crippen MR) is 97.7 cm³/mol. The van der Waals surface area contributed by atoms with E-state index >= 15 is 0 Å². The highest BCUT2D eigenvalue weighted by atomic mass is 127. The van der Waals surface area contributed by atoms with Gasteiger partial charge in [-0.2, -0.15) is 0 Å². The Morgan fingerprint density at radius 2 is 1.86 bits per heavy atom. The standard InChI is InChI=1S/C14H30N4O2.HI/c1-12-10-18(11-13(2)20-12)8-5-6-16-14(15-3)17-7-9-19-4;/h12-13H,5-11H2,1-4H3,(H2,15,16,17);1H. The Hall–Kier alpha value is -0.120. The van der Waals surface area contributed by atoms with Gasteiger partial charge in [0.25, 0.3) is 0 Å². The lowest BCUT2D eigenvalue weighted by Crippen LogP contribution is -2.46. The van der Waals surface area contributed by atoms with Crippen LogP contribution in [-0.4, -0.2) is 76.6 Å². The Bertz CT molecular complexity index is 282. The fourth-order valence-corrected chi connectivity index (χ4v) is 2.47. The van der Waals surface area contributed by atoms with E-state index in [1.54, 1.807) is 14.2 Å². The second-order valence-corrected chi connectivity index (χ2v) is 5.29. The van der Waals surface area contributed by atoms with Crippen LogP contribution >= 0.6 is 24.0 Å². The molecule has 0 saturated carbocycles. The van der Waals surface area contributed by atoms with Gasteiger partial charge in [0, 0.05) is 46.9 Å². The van der Waals surface area contributed by atoms with E-state index in [-0.39, 0.29) is 24.0 Å². The van der Waals surface area contributed by atoms with Gasteiger partial charge >= 0.3 is 0 Å². The molecule has 2 N–H and O–H groups in total. The highest BCUT2D eigenvalue weighted by Crippen LogP contribution is 2.10. The first-order chi connectivity index (χ1) is 9.65. The molecule has 1 rings (SSSR count). The van der Waals surface area contributed by atoms with Crippen LogP contribution in [0.25, 0.3) is 0 Å². The van der Waals surface area contributed by atoms with Crippen molar-refractivity contribution in [2.45, 2.75) is 32.5 Å². The maximum Gasteiger partial charge on any atom is 0.191 e. The zero-order valence-corrected chi connectivity index (χ0v) is 16.1. The van der Waals surface area contributed by atoms with Crippen LogP contribution in [-0.2, 0) is 9.47 Å². The first kappa shape index (κ1) is 20.9. The molecule has 0 aromatic carbocycles. The van der Waals surface area contributed by atoms with Gasteiger partial charge in [-0.3, -0.25) is 9.89 Å². The number of hydrogen-bond acceptors (Lipinski definition) is 4. The Morgan fingerprint density at radius 3 is 2.43 bits per heavy atom. The number of halogens is 1. The van der Waals surface area contributed by atoms with Crippen molar-refractivity contribution in [2.24, 2.45) is 4.99 Å². The number of guanidine groups is 1. The van der Waals surface area contributed by atoms with Crippen LogP contribution in [0.15, 0.2) is 4.99 Å². The number of rotatable bonds is 7. The fourth-order valence-electron chi connectivity index (χ4n) is 2.47. The van der Waals surface area contributed by atoms with Gasteiger partial charge in [-0.25, -0.2) is 0 Å². The quantitative estimate of drug-likeness (QED) is 0.281. The molecule has 0 aliphatic carbocycles. The average molecular weight is 414 g/mol. The summed E-state index contributed by atoms with van der Waals surface area (Å²) in [5, 5.41) is 6.52. The minimum Gasteiger partial charge on any atom is -0.383 e. The van der Waals surface area contributed by atoms with Gasteiger partial charge in [-0.05, 0) is 20.3 Å². The van der Waals surface area contributed by atoms with Gasteiger partial charge in [0.15, 0.2) is 5.96 Å². The van der Waals surface area contributed by atoms with Crippen molar-refractivity contribution in [1.82, 2.24) is 15.5 Å². The van der Waals surface area contributed by atoms with E-state index in [0.717, 1.165) is 45.1 Å². The van der Waals surface area contributed by atoms with Crippen molar-refractivity contribution in [2.75, 3.05) is 53.5 Å². The second-order valence-electron chi connectivity index (χ2n) is 5.29. The SMILES string of the molecule is CN=C(NCCCN1CC(C)OC(C)C1)NCCOC.I. The molecule has 126 valence electrons. The highest BCUT2D eigenvalue weighted by Gasteiger charge is 2.21. The van der Waals surface area contributed by atoms with Gasteiger partial charge in [0.1, 0.15) is 0 Å². The van der Waals surface area contributed by atoms with Crippen LogP contribution < -0.4 is 10.6 Å². The number of morpholine rings is 1. The molecule has 7 heteroatoms. The van der Waals surface area contributed by atoms with Crippen LogP contribution in [0.3, 0.4) is 0 Å². The first-order valence-corrected chi connectivity index (χ1v) is 7.47. The van der Waals surface area contributed by atoms with Crippen LogP contribution in [0, 0.1) is 0 Å². The summed E-state index contributed by atoms with van der Waals surface area (Å²) < 4.78 is 10.7. The van der Waals surface area contributed by atoms with Crippen molar-refractivity contribution in [3.63, 3.8) is 0 Å². The minimum absolute atomic E-state index is 0. The number of nitrogens with one attached hydrogen (secondary N) is 2. The van der Waals surface area contributed by atoms with Crippen molar-refractivity contribution in [3.05, 3.63) is 0 Å². The van der Waals surface area contributed by atoms with Crippen molar-refractivity contribution >= 4 is 29.9 Å². The average Bonchev–Trinajstić information content (AvgIpc) is 2.40. The number of ether oxygens (including phenoxy) is 2. The van der Waals surface area contributed by atoms with Crippen LogP contribution in [0.1, 0.15) is 20.3 Å². The van der Waals surface area contributed by atoms with E-state index in [1.807, 2.05) is 0 Å². The molecule has 2 atom stereocenters. The van der Waals surface area contributed by atoms with Crippen molar-refractivity contribution in [1.29, 1.82) is 0 Å². The summed E-state index contributed by atoms with van der Waals surface area (Å²) in [5.41, 5.74) is 0. The zero-order chi connectivity index (χ0) is 14.8. The Morgan fingerprint density at radius 1 is 1.24 bits per heavy atom. The molecule has 0 aromatic rings. The molecular formula is C14H31IN4O2. The summed E-state index contributed by atoms with van der Waals surface area (Å²) in [5.74, 6) is 0.839. The molecule has 0 radical (unpaired) electrons. The molecule has 0 spiro atoms. The third kappa shape index (κ3) is 9.49. The number of aliphatic imine (C=N–C) groups is 1.